The summed E-state index contributed by atoms with van der Waals surface area (Å²) >= 11 is 5.82. The molecule has 1 N–H and O–H groups in total. The van der Waals surface area contributed by atoms with Gasteiger partial charge < -0.3 is 14.8 Å². The van der Waals surface area contributed by atoms with Crippen LogP contribution in [0.1, 0.15) is 12.8 Å². The molecule has 0 aliphatic carbocycles. The number of amides is 1. The van der Waals surface area contributed by atoms with E-state index in [0.29, 0.717) is 23.0 Å². The Morgan fingerprint density at radius 3 is 2.52 bits per heavy atom. The number of nitrogens with one attached hydrogen (secondary N) is 1. The third-order valence-corrected chi connectivity index (χ3v) is 6.64. The van der Waals surface area contributed by atoms with Gasteiger partial charge in [0.25, 0.3) is 15.9 Å². The van der Waals surface area contributed by atoms with E-state index in [9.17, 15) is 13.2 Å². The molecule has 1 heterocycles. The Kier molecular flexibility index (Phi) is 7.00. The quantitative estimate of drug-likeness (QED) is 0.685. The number of nitrogens with zero attached hydrogens (tertiary/aromatic N) is 1. The smallest absolute Gasteiger partial charge is 0.264 e. The van der Waals surface area contributed by atoms with Crippen LogP contribution in [0.25, 0.3) is 0 Å². The van der Waals surface area contributed by atoms with Gasteiger partial charge in [-0.05, 0) is 61.4 Å². The summed E-state index contributed by atoms with van der Waals surface area (Å²) in [6.07, 6.45) is 2.05. The van der Waals surface area contributed by atoms with Gasteiger partial charge in [0.05, 0.1) is 16.7 Å². The minimum absolute atomic E-state index is 0.0800. The predicted molar refractivity (Wildman–Crippen MR) is 111 cm³/mol. The first kappa shape index (κ1) is 21.4. The fraction of sp³-hybridized carbons (Fsp3) is 0.350. The predicted octanol–water partition coefficient (Wildman–Crippen LogP) is 2.84. The van der Waals surface area contributed by atoms with Gasteiger partial charge in [-0.2, -0.15) is 0 Å². The van der Waals surface area contributed by atoms with E-state index in [2.05, 4.69) is 5.32 Å². The van der Waals surface area contributed by atoms with E-state index in [4.69, 9.17) is 21.1 Å². The van der Waals surface area contributed by atoms with Crippen LogP contribution in [-0.2, 0) is 19.6 Å². The fourth-order valence-corrected chi connectivity index (χ4v) is 4.21. The van der Waals surface area contributed by atoms with Gasteiger partial charge in [0.2, 0.25) is 0 Å². The molecule has 1 aliphatic heterocycles. The molecule has 29 heavy (non-hydrogen) atoms. The van der Waals surface area contributed by atoms with Crippen molar-refractivity contribution < 1.29 is 22.7 Å². The molecule has 1 aliphatic rings. The number of hydrogen-bond acceptors (Lipinski definition) is 5. The first-order valence-corrected chi connectivity index (χ1v) is 11.0. The van der Waals surface area contributed by atoms with Crippen molar-refractivity contribution in [1.29, 1.82) is 0 Å². The number of carbonyl (C=O) groups is 1. The van der Waals surface area contributed by atoms with Crippen LogP contribution in [0, 0.1) is 0 Å². The van der Waals surface area contributed by atoms with Gasteiger partial charge in [-0.15, -0.1) is 0 Å². The molecular formula is C20H23ClN2O5S. The maximum atomic E-state index is 12.7. The number of ether oxygens (including phenoxy) is 2. The van der Waals surface area contributed by atoms with Gasteiger partial charge in [-0.1, -0.05) is 11.6 Å². The van der Waals surface area contributed by atoms with Crippen molar-refractivity contribution in [1.82, 2.24) is 5.32 Å². The lowest BCUT2D eigenvalue weighted by Crippen LogP contribution is -2.35. The largest absolute Gasteiger partial charge is 0.484 e. The summed E-state index contributed by atoms with van der Waals surface area (Å²) in [5.41, 5.74) is 0.468. The average molecular weight is 439 g/mol. The van der Waals surface area contributed by atoms with Gasteiger partial charge in [-0.3, -0.25) is 9.10 Å². The summed E-state index contributed by atoms with van der Waals surface area (Å²) in [5, 5.41) is 3.25. The molecule has 0 spiro atoms. The van der Waals surface area contributed by atoms with Gasteiger partial charge in [-0.25, -0.2) is 8.42 Å². The summed E-state index contributed by atoms with van der Waals surface area (Å²) in [7, 11) is -2.23. The monoisotopic (exact) mass is 438 g/mol. The van der Waals surface area contributed by atoms with Crippen molar-refractivity contribution in [3.8, 4) is 5.75 Å². The van der Waals surface area contributed by atoms with E-state index < -0.39 is 10.0 Å². The minimum Gasteiger partial charge on any atom is -0.484 e. The van der Waals surface area contributed by atoms with Gasteiger partial charge in [0.15, 0.2) is 6.61 Å². The Morgan fingerprint density at radius 1 is 1.21 bits per heavy atom. The number of hydrogen-bond donors (Lipinski definition) is 1. The number of benzene rings is 2. The summed E-state index contributed by atoms with van der Waals surface area (Å²) in [6.45, 7) is 1.10. The zero-order chi connectivity index (χ0) is 20.9. The van der Waals surface area contributed by atoms with E-state index >= 15 is 0 Å². The summed E-state index contributed by atoms with van der Waals surface area (Å²) in [4.78, 5) is 12.0. The molecular weight excluding hydrogens is 416 g/mol. The van der Waals surface area contributed by atoms with Crippen LogP contribution in [0.5, 0.6) is 5.75 Å². The Morgan fingerprint density at radius 2 is 1.90 bits per heavy atom. The third-order valence-electron chi connectivity index (χ3n) is 4.59. The molecule has 7 nitrogen and oxygen atoms in total. The standard InChI is InChI=1S/C20H23ClN2O5S/c1-23(29(25,26)19-10-4-15(21)5-11-19)16-6-8-17(9-7-16)28-14-20(24)22-13-18-3-2-12-27-18/h4-11,18H,2-3,12-14H2,1H3,(H,22,24). The molecule has 1 fully saturated rings. The summed E-state index contributed by atoms with van der Waals surface area (Å²) in [6, 6.07) is 12.5. The number of halogens is 1. The normalized spacial score (nSPS) is 16.4. The highest BCUT2D eigenvalue weighted by molar-refractivity contribution is 7.92. The molecule has 1 atom stereocenters. The van der Waals surface area contributed by atoms with Gasteiger partial charge in [0.1, 0.15) is 5.75 Å². The topological polar surface area (TPSA) is 84.9 Å². The molecule has 1 saturated heterocycles. The van der Waals surface area contributed by atoms with Crippen LogP contribution in [0.2, 0.25) is 5.02 Å². The van der Waals surface area contributed by atoms with Crippen LogP contribution in [-0.4, -0.2) is 47.2 Å². The first-order chi connectivity index (χ1) is 13.9. The van der Waals surface area contributed by atoms with Crippen LogP contribution in [0.3, 0.4) is 0 Å². The van der Waals surface area contributed by atoms with Crippen LogP contribution in [0.4, 0.5) is 5.69 Å². The van der Waals surface area contributed by atoms with E-state index in [0.717, 1.165) is 19.4 Å². The summed E-state index contributed by atoms with van der Waals surface area (Å²) in [5.74, 6) is 0.241. The molecule has 9 heteroatoms. The van der Waals surface area contributed by atoms with Crippen molar-refractivity contribution in [2.45, 2.75) is 23.8 Å². The second-order valence-electron chi connectivity index (χ2n) is 6.65. The van der Waals surface area contributed by atoms with E-state index in [1.165, 1.54) is 35.6 Å². The number of anilines is 1. The van der Waals surface area contributed by atoms with Crippen molar-refractivity contribution >= 4 is 33.2 Å². The Labute approximate surface area is 175 Å². The second-order valence-corrected chi connectivity index (χ2v) is 9.05. The Bertz CT molecular complexity index is 926. The third kappa shape index (κ3) is 5.62. The zero-order valence-corrected chi connectivity index (χ0v) is 17.6. The molecule has 2 aromatic carbocycles. The first-order valence-electron chi connectivity index (χ1n) is 9.22. The SMILES string of the molecule is CN(c1ccc(OCC(=O)NCC2CCCO2)cc1)S(=O)(=O)c1ccc(Cl)cc1. The van der Waals surface area contributed by atoms with Crippen LogP contribution < -0.4 is 14.4 Å². The van der Waals surface area contributed by atoms with E-state index in [1.807, 2.05) is 0 Å². The lowest BCUT2D eigenvalue weighted by Gasteiger charge is -2.20. The van der Waals surface area contributed by atoms with Gasteiger partial charge >= 0.3 is 0 Å². The number of carbonyl (C=O) groups excluding carboxylic acids is 1. The zero-order valence-electron chi connectivity index (χ0n) is 16.0. The van der Waals surface area contributed by atoms with E-state index in [1.54, 1.807) is 24.3 Å². The summed E-state index contributed by atoms with van der Waals surface area (Å²) < 4.78 is 37.5. The van der Waals surface area contributed by atoms with Crippen molar-refractivity contribution in [2.24, 2.45) is 0 Å². The molecule has 2 aromatic rings. The maximum absolute atomic E-state index is 12.7. The second kappa shape index (κ2) is 9.47. The Hall–Kier alpha value is -2.29. The number of rotatable bonds is 8. The highest BCUT2D eigenvalue weighted by atomic mass is 35.5. The van der Waals surface area contributed by atoms with E-state index in [-0.39, 0.29) is 23.5 Å². The molecule has 0 radical (unpaired) electrons. The van der Waals surface area contributed by atoms with Crippen molar-refractivity contribution in [3.63, 3.8) is 0 Å². The lowest BCUT2D eigenvalue weighted by atomic mass is 10.2. The molecule has 3 rings (SSSR count). The van der Waals surface area contributed by atoms with Gasteiger partial charge in [0, 0.05) is 25.2 Å². The number of sulfonamides is 1. The fourth-order valence-electron chi connectivity index (χ4n) is 2.89. The maximum Gasteiger partial charge on any atom is 0.264 e. The minimum atomic E-state index is -3.71. The lowest BCUT2D eigenvalue weighted by molar-refractivity contribution is -0.123. The van der Waals surface area contributed by atoms with Crippen LogP contribution >= 0.6 is 11.6 Å². The average Bonchev–Trinajstić information content (AvgIpc) is 3.24. The van der Waals surface area contributed by atoms with Crippen molar-refractivity contribution in [3.05, 3.63) is 53.6 Å². The molecule has 0 saturated carbocycles. The van der Waals surface area contributed by atoms with Crippen molar-refractivity contribution in [2.75, 3.05) is 31.1 Å². The molecule has 156 valence electrons. The Balaban J connectivity index is 1.54. The highest BCUT2D eigenvalue weighted by Gasteiger charge is 2.21. The highest BCUT2D eigenvalue weighted by Crippen LogP contribution is 2.25. The molecule has 0 aromatic heterocycles. The molecule has 1 unspecified atom stereocenters. The van der Waals surface area contributed by atoms with Crippen LogP contribution in [0.15, 0.2) is 53.4 Å². The molecule has 1 amide bonds. The molecule has 0 bridgehead atoms.